The summed E-state index contributed by atoms with van der Waals surface area (Å²) in [6.07, 6.45) is 9.73. The van der Waals surface area contributed by atoms with Crippen molar-refractivity contribution in [1.82, 2.24) is 0 Å². The molecule has 4 fully saturated rings. The molecule has 9 atom stereocenters. The smallest absolute Gasteiger partial charge is 0.330 e. The Morgan fingerprint density at radius 2 is 1.65 bits per heavy atom. The number of rotatable bonds is 2. The van der Waals surface area contributed by atoms with Crippen LogP contribution in [0.3, 0.4) is 0 Å². The van der Waals surface area contributed by atoms with E-state index in [0.29, 0.717) is 47.5 Å². The van der Waals surface area contributed by atoms with E-state index in [2.05, 4.69) is 48.5 Å². The molecule has 37 heavy (non-hydrogen) atoms. The summed E-state index contributed by atoms with van der Waals surface area (Å²) in [5.41, 5.74) is 2.23. The lowest BCUT2D eigenvalue weighted by Crippen LogP contribution is -2.60. The maximum atomic E-state index is 13.7. The van der Waals surface area contributed by atoms with Crippen LogP contribution in [0, 0.1) is 57.2 Å². The van der Waals surface area contributed by atoms with Crippen LogP contribution >= 0.6 is 0 Å². The van der Waals surface area contributed by atoms with E-state index < -0.39 is 11.4 Å². The van der Waals surface area contributed by atoms with E-state index in [4.69, 9.17) is 0 Å². The average molecular weight is 511 g/mol. The van der Waals surface area contributed by atoms with Gasteiger partial charge in [-0.1, -0.05) is 54.5 Å². The van der Waals surface area contributed by atoms with Gasteiger partial charge in [-0.2, -0.15) is 0 Å². The fraction of sp³-hybridized carbons (Fsp3) is 0.818. The lowest BCUT2D eigenvalue weighted by molar-refractivity contribution is -0.175. The number of allylic oxidation sites excluding steroid dienone is 3. The van der Waals surface area contributed by atoms with Gasteiger partial charge in [-0.15, -0.1) is 0 Å². The fourth-order valence-corrected chi connectivity index (χ4v) is 10.7. The van der Waals surface area contributed by atoms with Crippen LogP contribution in [0.25, 0.3) is 0 Å². The Bertz CT molecular complexity index is 1060. The van der Waals surface area contributed by atoms with Crippen LogP contribution in [-0.4, -0.2) is 28.1 Å². The molecule has 4 nitrogen and oxygen atoms in total. The van der Waals surface area contributed by atoms with Gasteiger partial charge in [0.2, 0.25) is 0 Å². The predicted molar refractivity (Wildman–Crippen MR) is 147 cm³/mol. The van der Waals surface area contributed by atoms with Gasteiger partial charge in [-0.05, 0) is 109 Å². The van der Waals surface area contributed by atoms with Crippen LogP contribution in [0.15, 0.2) is 22.8 Å². The van der Waals surface area contributed by atoms with Gasteiger partial charge in [0.05, 0.1) is 6.10 Å². The summed E-state index contributed by atoms with van der Waals surface area (Å²) < 4.78 is 0. The zero-order valence-corrected chi connectivity index (χ0v) is 24.5. The molecule has 206 valence electrons. The van der Waals surface area contributed by atoms with Crippen LogP contribution < -0.4 is 0 Å². The van der Waals surface area contributed by atoms with Crippen LogP contribution in [-0.2, 0) is 9.59 Å². The molecule has 5 rings (SSSR count). The quantitative estimate of drug-likeness (QED) is 0.385. The molecule has 4 saturated carbocycles. The molecule has 4 heteroatoms. The van der Waals surface area contributed by atoms with Crippen molar-refractivity contribution in [2.75, 3.05) is 0 Å². The normalized spacial score (nSPS) is 45.6. The molecule has 0 radical (unpaired) electrons. The van der Waals surface area contributed by atoms with Gasteiger partial charge in [-0.3, -0.25) is 4.79 Å². The lowest BCUT2D eigenvalue weighted by atomic mass is 9.39. The maximum absolute atomic E-state index is 13.7. The van der Waals surface area contributed by atoms with Crippen LogP contribution in [0.5, 0.6) is 0 Å². The second kappa shape index (κ2) is 8.54. The molecule has 0 aromatic rings. The number of ketones is 1. The Kier molecular flexibility index (Phi) is 6.27. The minimum atomic E-state index is -0.877. The Morgan fingerprint density at radius 1 is 1.00 bits per heavy atom. The first kappa shape index (κ1) is 27.2. The van der Waals surface area contributed by atoms with Gasteiger partial charge < -0.3 is 10.2 Å². The highest BCUT2D eigenvalue weighted by Crippen LogP contribution is 2.70. The Hall–Kier alpha value is -1.42. The third-order valence-corrected chi connectivity index (χ3v) is 12.4. The number of carboxylic acids is 1. The average Bonchev–Trinajstić information content (AvgIpc) is 3.08. The summed E-state index contributed by atoms with van der Waals surface area (Å²) in [7, 11) is 0. The first-order valence-electron chi connectivity index (χ1n) is 14.9. The summed E-state index contributed by atoms with van der Waals surface area (Å²) in [5, 5.41) is 20.7. The van der Waals surface area contributed by atoms with E-state index in [1.165, 1.54) is 24.8 Å². The molecule has 0 amide bonds. The van der Waals surface area contributed by atoms with Gasteiger partial charge in [0.25, 0.3) is 0 Å². The van der Waals surface area contributed by atoms with Crippen LogP contribution in [0.1, 0.15) is 107 Å². The Labute approximate surface area is 224 Å². The van der Waals surface area contributed by atoms with Crippen molar-refractivity contribution in [3.05, 3.63) is 22.8 Å². The number of hydrogen-bond donors (Lipinski definition) is 2. The molecule has 0 aliphatic heterocycles. The van der Waals surface area contributed by atoms with E-state index in [0.717, 1.165) is 31.3 Å². The zero-order valence-electron chi connectivity index (χ0n) is 24.5. The number of aliphatic hydroxyl groups excluding tert-OH is 1. The summed E-state index contributed by atoms with van der Waals surface area (Å²) in [5.74, 6) is 2.69. The molecule has 5 aliphatic carbocycles. The molecule has 1 unspecified atom stereocenters. The third-order valence-electron chi connectivity index (χ3n) is 12.4. The van der Waals surface area contributed by atoms with E-state index in [1.54, 1.807) is 6.92 Å². The largest absolute Gasteiger partial charge is 0.478 e. The third kappa shape index (κ3) is 3.85. The van der Waals surface area contributed by atoms with E-state index in [9.17, 15) is 19.8 Å². The summed E-state index contributed by atoms with van der Waals surface area (Å²) in [6.45, 7) is 17.7. The van der Waals surface area contributed by atoms with E-state index in [1.807, 2.05) is 6.08 Å². The van der Waals surface area contributed by atoms with Crippen molar-refractivity contribution in [1.29, 1.82) is 0 Å². The number of aliphatic hydroxyl groups is 1. The van der Waals surface area contributed by atoms with Crippen molar-refractivity contribution in [2.24, 2.45) is 57.2 Å². The number of carboxylic acid groups (broad SMARTS) is 1. The monoisotopic (exact) mass is 510 g/mol. The van der Waals surface area contributed by atoms with Crippen LogP contribution in [0.4, 0.5) is 0 Å². The lowest BCUT2D eigenvalue weighted by Gasteiger charge is -2.66. The van der Waals surface area contributed by atoms with Crippen molar-refractivity contribution in [2.45, 2.75) is 113 Å². The number of Topliss-reactive ketones (excluding diaryl/α,β-unsaturated/α-hetero) is 1. The second-order valence-corrected chi connectivity index (χ2v) is 15.6. The summed E-state index contributed by atoms with van der Waals surface area (Å²) >= 11 is 0. The molecule has 0 heterocycles. The second-order valence-electron chi connectivity index (χ2n) is 15.6. The van der Waals surface area contributed by atoms with Crippen molar-refractivity contribution >= 4 is 11.8 Å². The fourth-order valence-electron chi connectivity index (χ4n) is 10.7. The molecule has 0 bridgehead atoms. The molecule has 2 N–H and O–H groups in total. The number of hydrogen-bond acceptors (Lipinski definition) is 3. The predicted octanol–water partition coefficient (Wildman–Crippen LogP) is 7.21. The van der Waals surface area contributed by atoms with Gasteiger partial charge in [0.1, 0.15) is 0 Å². The van der Waals surface area contributed by atoms with Crippen molar-refractivity contribution < 1.29 is 19.8 Å². The van der Waals surface area contributed by atoms with Crippen LogP contribution in [0.2, 0.25) is 0 Å². The van der Waals surface area contributed by atoms with E-state index >= 15 is 0 Å². The van der Waals surface area contributed by atoms with E-state index in [-0.39, 0.29) is 28.1 Å². The molecular weight excluding hydrogens is 460 g/mol. The molecule has 0 spiro atoms. The Morgan fingerprint density at radius 3 is 2.27 bits per heavy atom. The first-order valence-corrected chi connectivity index (χ1v) is 14.9. The highest BCUT2D eigenvalue weighted by molar-refractivity contribution is 6.02. The van der Waals surface area contributed by atoms with Gasteiger partial charge >= 0.3 is 5.97 Å². The highest BCUT2D eigenvalue weighted by Gasteiger charge is 2.64. The minimum absolute atomic E-state index is 0.0317. The van der Waals surface area contributed by atoms with Crippen molar-refractivity contribution in [3.8, 4) is 0 Å². The number of fused-ring (bicyclic) bond motifs is 7. The zero-order chi connectivity index (χ0) is 27.3. The molecule has 0 aromatic carbocycles. The topological polar surface area (TPSA) is 74.6 Å². The number of aliphatic carboxylic acids is 1. The SMILES string of the molecule is C/C(=C\[C@@]12CC[C@@H]3[C@H](CC[C@@H]4[C@H]5C(C)C[C@H](O)C(C)(C)[C@@H]5CC[C@]43C)C1=C(C(C)(C)C)C(=O)C2)C(=O)O. The van der Waals surface area contributed by atoms with Gasteiger partial charge in [0.15, 0.2) is 5.78 Å². The number of carbonyl (C=O) groups is 2. The highest BCUT2D eigenvalue weighted by atomic mass is 16.4. The Balaban J connectivity index is 1.59. The first-order chi connectivity index (χ1) is 17.0. The summed E-state index contributed by atoms with van der Waals surface area (Å²) in [4.78, 5) is 25.5. The maximum Gasteiger partial charge on any atom is 0.330 e. The summed E-state index contributed by atoms with van der Waals surface area (Å²) in [6, 6.07) is 0. The van der Waals surface area contributed by atoms with Gasteiger partial charge in [0, 0.05) is 23.0 Å². The van der Waals surface area contributed by atoms with Crippen molar-refractivity contribution in [3.63, 3.8) is 0 Å². The minimum Gasteiger partial charge on any atom is -0.478 e. The molecular formula is C33H50O4. The number of carbonyl (C=O) groups excluding carboxylic acids is 1. The molecule has 0 saturated heterocycles. The molecule has 0 aromatic heterocycles. The standard InChI is InChI=1S/C33H50O4/c1-18-15-25(35)31(6,7)22-11-13-32(8)21-12-14-33(16-19(2)29(36)37)17-24(34)28(30(3,4)5)27(33)20(21)9-10-23(32)26(18)22/h16,18,20-23,25-26,35H,9-15,17H2,1-8H3,(H,36,37)/b19-16+/t18?,20-,21+,22+,23+,25-,26-,32-,33+/m0/s1. The van der Waals surface area contributed by atoms with Gasteiger partial charge in [-0.25, -0.2) is 4.79 Å². The molecule has 5 aliphatic rings.